The van der Waals surface area contributed by atoms with Crippen molar-refractivity contribution in [3.05, 3.63) is 65.1 Å². The third-order valence-corrected chi connectivity index (χ3v) is 3.95. The highest BCUT2D eigenvalue weighted by atomic mass is 35.5. The van der Waals surface area contributed by atoms with E-state index in [2.05, 4.69) is 15.3 Å². The van der Waals surface area contributed by atoms with E-state index in [1.165, 1.54) is 19.2 Å². The minimum atomic E-state index is -0.403. The zero-order chi connectivity index (χ0) is 20.1. The van der Waals surface area contributed by atoms with Crippen LogP contribution in [-0.4, -0.2) is 29.6 Å². The zero-order valence-electron chi connectivity index (χ0n) is 15.2. The number of methoxy groups -OCH3 is 1. The molecule has 0 fully saturated rings. The van der Waals surface area contributed by atoms with Gasteiger partial charge in [0, 0.05) is 22.3 Å². The molecule has 144 valence electrons. The standard InChI is InChI=1S/C20H17ClFN3O3/c1-12-9-19(25-20(23-12)13-3-6-15(22)7-4-13)28-11-18(26)24-16-10-14(21)5-8-17(16)27-2/h3-10H,11H2,1-2H3,(H,24,26). The van der Waals surface area contributed by atoms with Crippen LogP contribution in [0.1, 0.15) is 5.69 Å². The number of anilines is 1. The van der Waals surface area contributed by atoms with E-state index in [0.29, 0.717) is 33.5 Å². The molecule has 0 unspecified atom stereocenters. The molecule has 0 saturated heterocycles. The Bertz CT molecular complexity index is 996. The van der Waals surface area contributed by atoms with Crippen LogP contribution in [-0.2, 0) is 4.79 Å². The molecule has 8 heteroatoms. The summed E-state index contributed by atoms with van der Waals surface area (Å²) in [6.45, 7) is 1.51. The molecule has 0 aliphatic heterocycles. The fourth-order valence-electron chi connectivity index (χ4n) is 2.45. The van der Waals surface area contributed by atoms with Gasteiger partial charge in [-0.2, -0.15) is 4.98 Å². The molecule has 0 bridgehead atoms. The number of aryl methyl sites for hydroxylation is 1. The molecular formula is C20H17ClFN3O3. The molecule has 3 rings (SSSR count). The highest BCUT2D eigenvalue weighted by molar-refractivity contribution is 6.31. The average molecular weight is 402 g/mol. The van der Waals surface area contributed by atoms with E-state index in [1.54, 1.807) is 43.3 Å². The molecule has 1 amide bonds. The van der Waals surface area contributed by atoms with Gasteiger partial charge in [0.25, 0.3) is 5.91 Å². The molecule has 0 aliphatic rings. The highest BCUT2D eigenvalue weighted by Crippen LogP contribution is 2.27. The van der Waals surface area contributed by atoms with Gasteiger partial charge in [-0.25, -0.2) is 9.37 Å². The number of hydrogen-bond donors (Lipinski definition) is 1. The summed E-state index contributed by atoms with van der Waals surface area (Å²) in [5.41, 5.74) is 1.73. The molecule has 0 radical (unpaired) electrons. The van der Waals surface area contributed by atoms with Crippen molar-refractivity contribution in [1.82, 2.24) is 9.97 Å². The van der Waals surface area contributed by atoms with Crippen molar-refractivity contribution in [3.8, 4) is 23.0 Å². The predicted molar refractivity (Wildman–Crippen MR) is 104 cm³/mol. The quantitative estimate of drug-likeness (QED) is 0.667. The lowest BCUT2D eigenvalue weighted by Crippen LogP contribution is -2.21. The monoisotopic (exact) mass is 401 g/mol. The third kappa shape index (κ3) is 4.95. The molecular weight excluding hydrogens is 385 g/mol. The largest absolute Gasteiger partial charge is 0.495 e. The van der Waals surface area contributed by atoms with Crippen LogP contribution in [0.5, 0.6) is 11.6 Å². The van der Waals surface area contributed by atoms with Crippen molar-refractivity contribution in [2.24, 2.45) is 0 Å². The first-order valence-corrected chi connectivity index (χ1v) is 8.70. The molecule has 0 aliphatic carbocycles. The first-order chi connectivity index (χ1) is 13.4. The average Bonchev–Trinajstić information content (AvgIpc) is 2.67. The van der Waals surface area contributed by atoms with Gasteiger partial charge in [-0.05, 0) is 49.4 Å². The van der Waals surface area contributed by atoms with E-state index in [9.17, 15) is 9.18 Å². The Kier molecular flexibility index (Phi) is 6.06. The van der Waals surface area contributed by atoms with Crippen LogP contribution in [0.3, 0.4) is 0 Å². The lowest BCUT2D eigenvalue weighted by Gasteiger charge is -2.11. The lowest BCUT2D eigenvalue weighted by atomic mass is 10.2. The molecule has 0 spiro atoms. The number of rotatable bonds is 6. The number of carbonyl (C=O) groups is 1. The molecule has 2 aromatic carbocycles. The summed E-state index contributed by atoms with van der Waals surface area (Å²) in [7, 11) is 1.50. The Labute approximate surface area is 166 Å². The number of ether oxygens (including phenoxy) is 2. The summed E-state index contributed by atoms with van der Waals surface area (Å²) in [6, 6.07) is 12.3. The maximum atomic E-state index is 13.1. The fraction of sp³-hybridized carbons (Fsp3) is 0.150. The van der Waals surface area contributed by atoms with Crippen LogP contribution in [0.2, 0.25) is 5.02 Å². The van der Waals surface area contributed by atoms with E-state index >= 15 is 0 Å². The van der Waals surface area contributed by atoms with Gasteiger partial charge in [-0.15, -0.1) is 0 Å². The van der Waals surface area contributed by atoms with Crippen molar-refractivity contribution < 1.29 is 18.7 Å². The van der Waals surface area contributed by atoms with Gasteiger partial charge in [0.2, 0.25) is 5.88 Å². The normalized spacial score (nSPS) is 10.4. The van der Waals surface area contributed by atoms with Gasteiger partial charge < -0.3 is 14.8 Å². The van der Waals surface area contributed by atoms with Crippen molar-refractivity contribution in [3.63, 3.8) is 0 Å². The first-order valence-electron chi connectivity index (χ1n) is 8.32. The SMILES string of the molecule is COc1ccc(Cl)cc1NC(=O)COc1cc(C)nc(-c2ccc(F)cc2)n1. The number of nitrogens with one attached hydrogen (secondary N) is 1. The summed E-state index contributed by atoms with van der Waals surface area (Å²) in [4.78, 5) is 20.8. The number of halogens is 2. The Morgan fingerprint density at radius 2 is 1.89 bits per heavy atom. The summed E-state index contributed by atoms with van der Waals surface area (Å²) in [5.74, 6) is 0.349. The molecule has 0 saturated carbocycles. The molecule has 1 N–H and O–H groups in total. The molecule has 3 aromatic rings. The van der Waals surface area contributed by atoms with Crippen LogP contribution in [0.25, 0.3) is 11.4 Å². The Morgan fingerprint density at radius 3 is 2.61 bits per heavy atom. The molecule has 0 atom stereocenters. The van der Waals surface area contributed by atoms with Crippen LogP contribution in [0, 0.1) is 12.7 Å². The smallest absolute Gasteiger partial charge is 0.262 e. The van der Waals surface area contributed by atoms with Crippen LogP contribution in [0.15, 0.2) is 48.5 Å². The van der Waals surface area contributed by atoms with E-state index < -0.39 is 5.91 Å². The Balaban J connectivity index is 1.70. The summed E-state index contributed by atoms with van der Waals surface area (Å²) < 4.78 is 23.8. The lowest BCUT2D eigenvalue weighted by molar-refractivity contribution is -0.118. The highest BCUT2D eigenvalue weighted by Gasteiger charge is 2.11. The van der Waals surface area contributed by atoms with Crippen LogP contribution >= 0.6 is 11.6 Å². The number of carbonyl (C=O) groups excluding carboxylic acids is 1. The van der Waals surface area contributed by atoms with E-state index in [0.717, 1.165) is 0 Å². The minimum absolute atomic E-state index is 0.236. The first kappa shape index (κ1) is 19.6. The second kappa shape index (κ2) is 8.67. The number of amides is 1. The fourth-order valence-corrected chi connectivity index (χ4v) is 2.62. The maximum absolute atomic E-state index is 13.1. The van der Waals surface area contributed by atoms with Crippen molar-refractivity contribution in [2.75, 3.05) is 19.0 Å². The molecule has 1 aromatic heterocycles. The van der Waals surface area contributed by atoms with Gasteiger partial charge in [0.05, 0.1) is 12.8 Å². The third-order valence-electron chi connectivity index (χ3n) is 3.72. The van der Waals surface area contributed by atoms with Crippen molar-refractivity contribution >= 4 is 23.2 Å². The van der Waals surface area contributed by atoms with Gasteiger partial charge in [0.15, 0.2) is 12.4 Å². The molecule has 1 heterocycles. The topological polar surface area (TPSA) is 73.3 Å². The van der Waals surface area contributed by atoms with Gasteiger partial charge in [-0.3, -0.25) is 4.79 Å². The van der Waals surface area contributed by atoms with E-state index in [1.807, 2.05) is 0 Å². The van der Waals surface area contributed by atoms with Gasteiger partial charge in [0.1, 0.15) is 11.6 Å². The number of aromatic nitrogens is 2. The number of nitrogens with zero attached hydrogens (tertiary/aromatic N) is 2. The number of benzene rings is 2. The Hall–Kier alpha value is -3.19. The zero-order valence-corrected chi connectivity index (χ0v) is 16.0. The molecule has 6 nitrogen and oxygen atoms in total. The summed E-state index contributed by atoms with van der Waals surface area (Å²) in [5, 5.41) is 3.15. The van der Waals surface area contributed by atoms with Gasteiger partial charge >= 0.3 is 0 Å². The summed E-state index contributed by atoms with van der Waals surface area (Å²) in [6.07, 6.45) is 0. The van der Waals surface area contributed by atoms with Crippen molar-refractivity contribution in [2.45, 2.75) is 6.92 Å². The van der Waals surface area contributed by atoms with E-state index in [4.69, 9.17) is 21.1 Å². The second-order valence-electron chi connectivity index (χ2n) is 5.86. The Morgan fingerprint density at radius 1 is 1.14 bits per heavy atom. The number of hydrogen-bond acceptors (Lipinski definition) is 5. The van der Waals surface area contributed by atoms with Crippen LogP contribution in [0.4, 0.5) is 10.1 Å². The van der Waals surface area contributed by atoms with Crippen molar-refractivity contribution in [1.29, 1.82) is 0 Å². The second-order valence-corrected chi connectivity index (χ2v) is 6.30. The predicted octanol–water partition coefficient (Wildman–Crippen LogP) is 4.27. The maximum Gasteiger partial charge on any atom is 0.262 e. The van der Waals surface area contributed by atoms with E-state index in [-0.39, 0.29) is 18.3 Å². The van der Waals surface area contributed by atoms with Gasteiger partial charge in [-0.1, -0.05) is 11.6 Å². The summed E-state index contributed by atoms with van der Waals surface area (Å²) >= 11 is 5.95. The molecule has 28 heavy (non-hydrogen) atoms. The van der Waals surface area contributed by atoms with Crippen LogP contribution < -0.4 is 14.8 Å². The minimum Gasteiger partial charge on any atom is -0.495 e.